The van der Waals surface area contributed by atoms with Crippen molar-refractivity contribution in [2.24, 2.45) is 0 Å². The highest BCUT2D eigenvalue weighted by Crippen LogP contribution is 2.34. The van der Waals surface area contributed by atoms with Gasteiger partial charge in [-0.2, -0.15) is 0 Å². The number of hydrogen-bond acceptors (Lipinski definition) is 4. The molecule has 1 unspecified atom stereocenters. The van der Waals surface area contributed by atoms with Crippen LogP contribution in [0.3, 0.4) is 0 Å². The summed E-state index contributed by atoms with van der Waals surface area (Å²) in [5, 5.41) is 0.642. The number of rotatable bonds is 3. The number of carbonyl (C=O) groups excluding carboxylic acids is 1. The van der Waals surface area contributed by atoms with Crippen molar-refractivity contribution in [3.05, 3.63) is 52.7 Å². The molecule has 0 bridgehead atoms. The van der Waals surface area contributed by atoms with Gasteiger partial charge >= 0.3 is 0 Å². The molecule has 3 rings (SSSR count). The van der Waals surface area contributed by atoms with Gasteiger partial charge in [0.15, 0.2) is 6.39 Å². The van der Waals surface area contributed by atoms with E-state index in [1.807, 2.05) is 45.0 Å². The summed E-state index contributed by atoms with van der Waals surface area (Å²) in [6, 6.07) is 7.56. The number of morpholine rings is 1. The Morgan fingerprint density at radius 2 is 2.17 bits per heavy atom. The zero-order valence-corrected chi connectivity index (χ0v) is 14.8. The van der Waals surface area contributed by atoms with Gasteiger partial charge in [0, 0.05) is 10.6 Å². The SMILES string of the molecule is CCc1ncoc1C(=O)N1CC(c2ccccc2Cl)OCC1(C)C. The molecule has 24 heavy (non-hydrogen) atoms. The Morgan fingerprint density at radius 1 is 1.42 bits per heavy atom. The number of nitrogens with zero attached hydrogens (tertiary/aromatic N) is 2. The monoisotopic (exact) mass is 348 g/mol. The fourth-order valence-corrected chi connectivity index (χ4v) is 3.21. The Balaban J connectivity index is 1.90. The van der Waals surface area contributed by atoms with Crippen LogP contribution in [0.5, 0.6) is 0 Å². The summed E-state index contributed by atoms with van der Waals surface area (Å²) >= 11 is 6.29. The first-order valence-electron chi connectivity index (χ1n) is 8.04. The van der Waals surface area contributed by atoms with Gasteiger partial charge in [0.05, 0.1) is 24.4 Å². The Bertz CT molecular complexity index is 741. The average Bonchev–Trinajstić information content (AvgIpc) is 3.03. The van der Waals surface area contributed by atoms with Crippen LogP contribution in [0.2, 0.25) is 5.02 Å². The van der Waals surface area contributed by atoms with E-state index in [1.54, 1.807) is 4.90 Å². The number of carbonyl (C=O) groups is 1. The first-order chi connectivity index (χ1) is 11.4. The van der Waals surface area contributed by atoms with Gasteiger partial charge in [-0.3, -0.25) is 4.79 Å². The number of aryl methyl sites for hydroxylation is 1. The van der Waals surface area contributed by atoms with Crippen LogP contribution in [0.1, 0.15) is 48.7 Å². The maximum Gasteiger partial charge on any atom is 0.292 e. The molecule has 6 heteroatoms. The lowest BCUT2D eigenvalue weighted by molar-refractivity contribution is -0.0854. The summed E-state index contributed by atoms with van der Waals surface area (Å²) in [6.07, 6.45) is 1.71. The topological polar surface area (TPSA) is 55.6 Å². The molecule has 1 amide bonds. The van der Waals surface area contributed by atoms with Crippen LogP contribution in [-0.4, -0.2) is 34.5 Å². The molecule has 1 saturated heterocycles. The van der Waals surface area contributed by atoms with Gasteiger partial charge < -0.3 is 14.1 Å². The second kappa shape index (κ2) is 6.57. The molecule has 0 radical (unpaired) electrons. The smallest absolute Gasteiger partial charge is 0.292 e. The van der Waals surface area contributed by atoms with Crippen molar-refractivity contribution in [1.82, 2.24) is 9.88 Å². The number of halogens is 1. The van der Waals surface area contributed by atoms with Crippen molar-refractivity contribution < 1.29 is 13.9 Å². The summed E-state index contributed by atoms with van der Waals surface area (Å²) < 4.78 is 11.3. The van der Waals surface area contributed by atoms with Gasteiger partial charge in [0.2, 0.25) is 5.76 Å². The van der Waals surface area contributed by atoms with Gasteiger partial charge in [0.1, 0.15) is 6.10 Å². The van der Waals surface area contributed by atoms with E-state index in [9.17, 15) is 4.79 Å². The fourth-order valence-electron chi connectivity index (χ4n) is 2.95. The Hall–Kier alpha value is -1.85. The number of benzene rings is 1. The van der Waals surface area contributed by atoms with E-state index in [2.05, 4.69) is 4.98 Å². The van der Waals surface area contributed by atoms with Crippen molar-refractivity contribution >= 4 is 17.5 Å². The fraction of sp³-hybridized carbons (Fsp3) is 0.444. The van der Waals surface area contributed by atoms with Crippen LogP contribution in [0, 0.1) is 0 Å². The van der Waals surface area contributed by atoms with Gasteiger partial charge in [0.25, 0.3) is 5.91 Å². The van der Waals surface area contributed by atoms with Crippen LogP contribution in [-0.2, 0) is 11.2 Å². The molecular weight excluding hydrogens is 328 g/mol. The van der Waals surface area contributed by atoms with E-state index < -0.39 is 5.54 Å². The number of ether oxygens (including phenoxy) is 1. The van der Waals surface area contributed by atoms with Crippen LogP contribution < -0.4 is 0 Å². The maximum absolute atomic E-state index is 13.0. The molecule has 2 heterocycles. The molecule has 0 saturated carbocycles. The molecule has 1 aliphatic rings. The van der Waals surface area contributed by atoms with E-state index in [0.29, 0.717) is 36.0 Å². The van der Waals surface area contributed by atoms with Crippen LogP contribution in [0.15, 0.2) is 35.1 Å². The Kier molecular flexibility index (Phi) is 4.65. The van der Waals surface area contributed by atoms with Crippen molar-refractivity contribution in [3.8, 4) is 0 Å². The molecular formula is C18H21ClN2O3. The minimum Gasteiger partial charge on any atom is -0.438 e. The summed E-state index contributed by atoms with van der Waals surface area (Å²) in [6.45, 7) is 6.75. The van der Waals surface area contributed by atoms with Crippen LogP contribution in [0.25, 0.3) is 0 Å². The molecule has 5 nitrogen and oxygen atoms in total. The largest absolute Gasteiger partial charge is 0.438 e. The van der Waals surface area contributed by atoms with Gasteiger partial charge in [-0.05, 0) is 26.3 Å². The molecule has 0 N–H and O–H groups in total. The lowest BCUT2D eigenvalue weighted by Crippen LogP contribution is -2.56. The second-order valence-electron chi connectivity index (χ2n) is 6.53. The van der Waals surface area contributed by atoms with E-state index in [4.69, 9.17) is 20.8 Å². The molecule has 0 aliphatic carbocycles. The first kappa shape index (κ1) is 17.0. The van der Waals surface area contributed by atoms with E-state index in [-0.39, 0.29) is 12.0 Å². The molecule has 1 aliphatic heterocycles. The third-order valence-electron chi connectivity index (χ3n) is 4.38. The van der Waals surface area contributed by atoms with E-state index >= 15 is 0 Å². The molecule has 1 aromatic heterocycles. The lowest BCUT2D eigenvalue weighted by Gasteiger charge is -2.45. The highest BCUT2D eigenvalue weighted by atomic mass is 35.5. The quantitative estimate of drug-likeness (QED) is 0.844. The standard InChI is InChI=1S/C18H21ClN2O3/c1-4-14-16(24-11-20-14)17(22)21-9-15(23-10-18(21,2)3)12-7-5-6-8-13(12)19/h5-8,11,15H,4,9-10H2,1-3H3. The summed E-state index contributed by atoms with van der Waals surface area (Å²) in [5.74, 6) is 0.153. The van der Waals surface area contributed by atoms with Crippen molar-refractivity contribution in [2.45, 2.75) is 38.8 Å². The average molecular weight is 349 g/mol. The minimum atomic E-state index is -0.438. The zero-order chi connectivity index (χ0) is 17.3. The van der Waals surface area contributed by atoms with E-state index in [1.165, 1.54) is 6.39 Å². The number of hydrogen-bond donors (Lipinski definition) is 0. The van der Waals surface area contributed by atoms with E-state index in [0.717, 1.165) is 5.56 Å². The Labute approximate surface area is 146 Å². The van der Waals surface area contributed by atoms with Crippen molar-refractivity contribution in [1.29, 1.82) is 0 Å². The molecule has 0 spiro atoms. The lowest BCUT2D eigenvalue weighted by atomic mass is 9.97. The molecule has 1 atom stereocenters. The van der Waals surface area contributed by atoms with Gasteiger partial charge in [-0.15, -0.1) is 0 Å². The first-order valence-corrected chi connectivity index (χ1v) is 8.42. The van der Waals surface area contributed by atoms with Crippen LogP contribution in [0.4, 0.5) is 0 Å². The van der Waals surface area contributed by atoms with Crippen molar-refractivity contribution in [3.63, 3.8) is 0 Å². The third-order valence-corrected chi connectivity index (χ3v) is 4.73. The summed E-state index contributed by atoms with van der Waals surface area (Å²) in [5.41, 5.74) is 1.13. The van der Waals surface area contributed by atoms with Gasteiger partial charge in [-0.25, -0.2) is 4.98 Å². The molecule has 128 valence electrons. The van der Waals surface area contributed by atoms with Crippen LogP contribution >= 0.6 is 11.6 Å². The maximum atomic E-state index is 13.0. The highest BCUT2D eigenvalue weighted by molar-refractivity contribution is 6.31. The van der Waals surface area contributed by atoms with Gasteiger partial charge in [-0.1, -0.05) is 36.7 Å². The number of oxazole rings is 1. The normalized spacial score (nSPS) is 20.2. The predicted molar refractivity (Wildman–Crippen MR) is 91.1 cm³/mol. The minimum absolute atomic E-state index is 0.158. The second-order valence-corrected chi connectivity index (χ2v) is 6.94. The summed E-state index contributed by atoms with van der Waals surface area (Å²) in [7, 11) is 0. The summed E-state index contributed by atoms with van der Waals surface area (Å²) in [4.78, 5) is 18.9. The predicted octanol–water partition coefficient (Wildman–Crippen LogP) is 3.88. The number of aromatic nitrogens is 1. The highest BCUT2D eigenvalue weighted by Gasteiger charge is 2.41. The Morgan fingerprint density at radius 3 is 2.88 bits per heavy atom. The molecule has 1 fully saturated rings. The number of amides is 1. The zero-order valence-electron chi connectivity index (χ0n) is 14.1. The molecule has 1 aromatic carbocycles. The van der Waals surface area contributed by atoms with Crippen molar-refractivity contribution in [2.75, 3.05) is 13.2 Å². The molecule has 2 aromatic rings. The third kappa shape index (κ3) is 3.06.